The molecule has 0 aliphatic carbocycles. The number of ether oxygens (including phenoxy) is 1. The number of hydrogen-bond acceptors (Lipinski definition) is 5. The normalized spacial score (nSPS) is 10.3. The summed E-state index contributed by atoms with van der Waals surface area (Å²) in [6.07, 6.45) is 0.486. The first kappa shape index (κ1) is 16.0. The van der Waals surface area contributed by atoms with E-state index in [1.165, 1.54) is 6.07 Å². The molecule has 0 aliphatic rings. The van der Waals surface area contributed by atoms with Crippen LogP contribution >= 0.6 is 11.6 Å². The molecule has 0 atom stereocenters. The average molecular weight is 323 g/mol. The van der Waals surface area contributed by atoms with Gasteiger partial charge in [-0.3, -0.25) is 10.1 Å². The molecule has 22 heavy (non-hydrogen) atoms. The van der Waals surface area contributed by atoms with Gasteiger partial charge in [-0.15, -0.1) is 0 Å². The van der Waals surface area contributed by atoms with Gasteiger partial charge in [0.1, 0.15) is 0 Å². The van der Waals surface area contributed by atoms with E-state index >= 15 is 0 Å². The second-order valence-electron chi connectivity index (χ2n) is 4.32. The summed E-state index contributed by atoms with van der Waals surface area (Å²) in [6, 6.07) is 6.42. The molecule has 1 aromatic carbocycles. The molecule has 0 saturated heterocycles. The number of aryl methyl sites for hydroxylation is 1. The van der Waals surface area contributed by atoms with Gasteiger partial charge in [-0.25, -0.2) is 9.78 Å². The van der Waals surface area contributed by atoms with Crippen molar-refractivity contribution in [1.29, 1.82) is 0 Å². The molecular weight excluding hydrogens is 308 g/mol. The second-order valence-corrected chi connectivity index (χ2v) is 4.76. The highest BCUT2D eigenvalue weighted by molar-refractivity contribution is 6.31. The lowest BCUT2D eigenvalue weighted by atomic mass is 10.2. The van der Waals surface area contributed by atoms with Crippen LogP contribution in [0.4, 0.5) is 5.88 Å². The maximum absolute atomic E-state index is 12.2. The number of anilines is 1. The molecule has 0 fully saturated rings. The largest absolute Gasteiger partial charge is 0.461 e. The number of benzene rings is 1. The summed E-state index contributed by atoms with van der Waals surface area (Å²) in [7, 11) is 0. The van der Waals surface area contributed by atoms with Crippen LogP contribution in [0.5, 0.6) is 0 Å². The zero-order valence-corrected chi connectivity index (χ0v) is 12.9. The summed E-state index contributed by atoms with van der Waals surface area (Å²) in [5, 5.41) is 2.96. The fourth-order valence-electron chi connectivity index (χ4n) is 1.74. The van der Waals surface area contributed by atoms with Crippen LogP contribution in [0.3, 0.4) is 0 Å². The lowest BCUT2D eigenvalue weighted by Crippen LogP contribution is -2.15. The summed E-state index contributed by atoms with van der Waals surface area (Å²) in [6.45, 7) is 3.71. The van der Waals surface area contributed by atoms with Crippen LogP contribution in [0.25, 0.3) is 0 Å². The van der Waals surface area contributed by atoms with Gasteiger partial charge in [-0.05, 0) is 25.1 Å². The summed E-state index contributed by atoms with van der Waals surface area (Å²) < 4.78 is 10.3. The van der Waals surface area contributed by atoms with Crippen LogP contribution in [0.15, 0.2) is 28.7 Å². The quantitative estimate of drug-likeness (QED) is 0.854. The Hall–Kier alpha value is -2.34. The van der Waals surface area contributed by atoms with E-state index in [9.17, 15) is 9.59 Å². The van der Waals surface area contributed by atoms with Crippen LogP contribution < -0.4 is 5.32 Å². The van der Waals surface area contributed by atoms with Crippen LogP contribution in [-0.2, 0) is 11.2 Å². The Morgan fingerprint density at radius 2 is 2.14 bits per heavy atom. The molecular formula is C15H15ClN2O4. The highest BCUT2D eigenvalue weighted by atomic mass is 35.5. The molecule has 116 valence electrons. The molecule has 1 amide bonds. The number of esters is 1. The molecule has 0 saturated carbocycles. The number of oxazole rings is 1. The number of amides is 1. The SMILES string of the molecule is CCOC(=O)c1nc(CC)oc1NC(=O)c1cccc(Cl)c1. The number of nitrogens with one attached hydrogen (secondary N) is 1. The minimum atomic E-state index is -0.646. The van der Waals surface area contributed by atoms with Gasteiger partial charge in [-0.2, -0.15) is 0 Å². The molecule has 7 heteroatoms. The standard InChI is InChI=1S/C15H15ClN2O4/c1-3-11-17-12(15(20)21-4-2)14(22-11)18-13(19)9-6-5-7-10(16)8-9/h5-8H,3-4H2,1-2H3,(H,18,19). The number of rotatable bonds is 5. The third-order valence-electron chi connectivity index (χ3n) is 2.76. The molecule has 1 heterocycles. The van der Waals surface area contributed by atoms with Crippen molar-refractivity contribution in [2.45, 2.75) is 20.3 Å². The molecule has 6 nitrogen and oxygen atoms in total. The fourth-order valence-corrected chi connectivity index (χ4v) is 1.93. The lowest BCUT2D eigenvalue weighted by molar-refractivity contribution is 0.0521. The topological polar surface area (TPSA) is 81.4 Å². The highest BCUT2D eigenvalue weighted by Gasteiger charge is 2.22. The summed E-state index contributed by atoms with van der Waals surface area (Å²) >= 11 is 5.85. The van der Waals surface area contributed by atoms with Crippen molar-refractivity contribution in [2.24, 2.45) is 0 Å². The van der Waals surface area contributed by atoms with Gasteiger partial charge in [0.15, 0.2) is 5.89 Å². The predicted molar refractivity (Wildman–Crippen MR) is 81.2 cm³/mol. The molecule has 0 spiro atoms. The van der Waals surface area contributed by atoms with E-state index in [-0.39, 0.29) is 18.2 Å². The Labute approximate surface area is 132 Å². The number of nitrogens with zero attached hydrogens (tertiary/aromatic N) is 1. The third-order valence-corrected chi connectivity index (χ3v) is 2.99. The number of aromatic nitrogens is 1. The minimum Gasteiger partial charge on any atom is -0.461 e. The van der Waals surface area contributed by atoms with Gasteiger partial charge in [-0.1, -0.05) is 24.6 Å². The Morgan fingerprint density at radius 3 is 2.77 bits per heavy atom. The Kier molecular flexibility index (Phi) is 5.16. The molecule has 0 radical (unpaired) electrons. The van der Waals surface area contributed by atoms with E-state index in [0.717, 1.165) is 0 Å². The number of carbonyl (C=O) groups is 2. The maximum atomic E-state index is 12.2. The van der Waals surface area contributed by atoms with Gasteiger partial charge in [0, 0.05) is 17.0 Å². The van der Waals surface area contributed by atoms with Crippen LogP contribution in [0, 0.1) is 0 Å². The van der Waals surface area contributed by atoms with E-state index in [4.69, 9.17) is 20.8 Å². The third kappa shape index (κ3) is 3.65. The van der Waals surface area contributed by atoms with E-state index in [2.05, 4.69) is 10.3 Å². The molecule has 0 bridgehead atoms. The zero-order valence-electron chi connectivity index (χ0n) is 12.2. The fraction of sp³-hybridized carbons (Fsp3) is 0.267. The number of carbonyl (C=O) groups excluding carboxylic acids is 2. The number of hydrogen-bond donors (Lipinski definition) is 1. The second kappa shape index (κ2) is 7.09. The van der Waals surface area contributed by atoms with Gasteiger partial charge in [0.2, 0.25) is 11.6 Å². The first-order valence-electron chi connectivity index (χ1n) is 6.78. The Bertz CT molecular complexity index is 697. The van der Waals surface area contributed by atoms with E-state index < -0.39 is 11.9 Å². The summed E-state index contributed by atoms with van der Waals surface area (Å²) in [5.41, 5.74) is 0.297. The maximum Gasteiger partial charge on any atom is 0.362 e. The van der Waals surface area contributed by atoms with Gasteiger partial charge in [0.25, 0.3) is 5.91 Å². The predicted octanol–water partition coefficient (Wildman–Crippen LogP) is 3.32. The van der Waals surface area contributed by atoms with Crippen molar-refractivity contribution in [3.8, 4) is 0 Å². The Morgan fingerprint density at radius 1 is 1.36 bits per heavy atom. The zero-order chi connectivity index (χ0) is 16.1. The molecule has 2 aromatic rings. The van der Waals surface area contributed by atoms with Crippen molar-refractivity contribution in [3.05, 3.63) is 46.4 Å². The summed E-state index contributed by atoms with van der Waals surface area (Å²) in [4.78, 5) is 28.1. The average Bonchev–Trinajstić information content (AvgIpc) is 2.90. The van der Waals surface area contributed by atoms with Crippen molar-refractivity contribution in [3.63, 3.8) is 0 Å². The van der Waals surface area contributed by atoms with E-state index in [0.29, 0.717) is 22.9 Å². The van der Waals surface area contributed by atoms with Gasteiger partial charge in [0.05, 0.1) is 6.61 Å². The molecule has 0 aliphatic heterocycles. The van der Waals surface area contributed by atoms with E-state index in [1.807, 2.05) is 6.92 Å². The van der Waals surface area contributed by atoms with Crippen LogP contribution in [-0.4, -0.2) is 23.5 Å². The highest BCUT2D eigenvalue weighted by Crippen LogP contribution is 2.20. The first-order valence-corrected chi connectivity index (χ1v) is 7.16. The molecule has 1 aromatic heterocycles. The Balaban J connectivity index is 2.26. The van der Waals surface area contributed by atoms with Crippen molar-refractivity contribution < 1.29 is 18.7 Å². The van der Waals surface area contributed by atoms with Crippen molar-refractivity contribution >= 4 is 29.4 Å². The van der Waals surface area contributed by atoms with Crippen LogP contribution in [0.1, 0.15) is 40.6 Å². The molecule has 0 unspecified atom stereocenters. The molecule has 2 rings (SSSR count). The van der Waals surface area contributed by atoms with Crippen LogP contribution in [0.2, 0.25) is 5.02 Å². The van der Waals surface area contributed by atoms with Gasteiger partial charge < -0.3 is 9.15 Å². The van der Waals surface area contributed by atoms with Crippen molar-refractivity contribution in [2.75, 3.05) is 11.9 Å². The lowest BCUT2D eigenvalue weighted by Gasteiger charge is -2.04. The van der Waals surface area contributed by atoms with Crippen molar-refractivity contribution in [1.82, 2.24) is 4.98 Å². The minimum absolute atomic E-state index is 0.0275. The first-order chi connectivity index (χ1) is 10.5. The summed E-state index contributed by atoms with van der Waals surface area (Å²) in [5.74, 6) is -0.788. The number of halogens is 1. The smallest absolute Gasteiger partial charge is 0.362 e. The van der Waals surface area contributed by atoms with Gasteiger partial charge >= 0.3 is 5.97 Å². The van der Waals surface area contributed by atoms with E-state index in [1.54, 1.807) is 25.1 Å². The monoisotopic (exact) mass is 322 g/mol. The molecule has 1 N–H and O–H groups in total.